The highest BCUT2D eigenvalue weighted by molar-refractivity contribution is 7.15. The van der Waals surface area contributed by atoms with Crippen LogP contribution in [0.3, 0.4) is 0 Å². The number of ether oxygens (including phenoxy) is 2. The van der Waals surface area contributed by atoms with Gasteiger partial charge in [-0.25, -0.2) is 4.79 Å². The molecule has 0 amide bonds. The van der Waals surface area contributed by atoms with Crippen LogP contribution in [-0.2, 0) is 28.7 Å². The second-order valence-corrected chi connectivity index (χ2v) is 9.26. The minimum Gasteiger partial charge on any atom is -0.488 e. The van der Waals surface area contributed by atoms with Gasteiger partial charge in [-0.3, -0.25) is 0 Å². The molecule has 0 radical (unpaired) electrons. The Bertz CT molecular complexity index is 1350. The Morgan fingerprint density at radius 3 is 2.35 bits per heavy atom. The molecule has 4 rings (SSSR count). The minimum atomic E-state index is -4.69. The smallest absolute Gasteiger partial charge is 0.470 e. The van der Waals surface area contributed by atoms with Gasteiger partial charge in [-0.15, -0.1) is 21.5 Å². The Kier molecular flexibility index (Phi) is 7.94. The predicted molar refractivity (Wildman–Crippen MR) is 130 cm³/mol. The number of rotatable bonds is 10. The highest BCUT2D eigenvalue weighted by atomic mass is 32.1. The van der Waals surface area contributed by atoms with Crippen LogP contribution in [0.2, 0.25) is 0 Å². The lowest BCUT2D eigenvalue weighted by Gasteiger charge is -2.13. The highest BCUT2D eigenvalue weighted by Gasteiger charge is 2.38. The third-order valence-corrected chi connectivity index (χ3v) is 6.72. The summed E-state index contributed by atoms with van der Waals surface area (Å²) in [6, 6.07) is 16.1. The fourth-order valence-corrected chi connectivity index (χ4v) is 4.63. The van der Waals surface area contributed by atoms with Gasteiger partial charge >= 0.3 is 18.0 Å². The number of carboxylic acids is 1. The number of carbonyl (C=O) groups is 1. The van der Waals surface area contributed by atoms with Crippen LogP contribution in [0.1, 0.15) is 28.8 Å². The Morgan fingerprint density at radius 2 is 1.76 bits per heavy atom. The normalized spacial score (nSPS) is 12.5. The molecule has 1 N–H and O–H groups in total. The van der Waals surface area contributed by atoms with Gasteiger partial charge in [0.1, 0.15) is 12.4 Å². The van der Waals surface area contributed by atoms with Crippen molar-refractivity contribution in [2.45, 2.75) is 39.2 Å². The first-order valence-electron chi connectivity index (χ1n) is 11.3. The molecule has 0 bridgehead atoms. The summed E-state index contributed by atoms with van der Waals surface area (Å²) in [5.74, 6) is -1.91. The van der Waals surface area contributed by atoms with Crippen LogP contribution < -0.4 is 4.74 Å². The number of aromatic nitrogens is 2. The molecule has 37 heavy (non-hydrogen) atoms. The molecule has 7 nitrogen and oxygen atoms in total. The summed E-state index contributed by atoms with van der Waals surface area (Å²) in [6.07, 6.45) is -5.30. The third kappa shape index (κ3) is 6.55. The number of halogens is 3. The van der Waals surface area contributed by atoms with Gasteiger partial charge in [0.15, 0.2) is 6.10 Å². The number of benzene rings is 2. The molecule has 0 aliphatic carbocycles. The second-order valence-electron chi connectivity index (χ2n) is 8.12. The molecule has 0 spiro atoms. The first-order chi connectivity index (χ1) is 17.6. The summed E-state index contributed by atoms with van der Waals surface area (Å²) in [6.45, 7) is 4.41. The van der Waals surface area contributed by atoms with Crippen LogP contribution >= 0.6 is 11.3 Å². The molecule has 2 aromatic carbocycles. The molecule has 1 unspecified atom stereocenters. The van der Waals surface area contributed by atoms with Gasteiger partial charge < -0.3 is 19.0 Å². The molecule has 194 valence electrons. The van der Waals surface area contributed by atoms with E-state index in [1.54, 1.807) is 54.7 Å². The summed E-state index contributed by atoms with van der Waals surface area (Å²) in [5.41, 5.74) is 3.17. The Balaban J connectivity index is 1.39. The second kappa shape index (κ2) is 11.1. The van der Waals surface area contributed by atoms with E-state index in [1.807, 2.05) is 25.1 Å². The fourth-order valence-electron chi connectivity index (χ4n) is 3.54. The first-order valence-corrected chi connectivity index (χ1v) is 12.1. The van der Waals surface area contributed by atoms with Gasteiger partial charge in [0.2, 0.25) is 5.89 Å². The molecule has 2 aromatic heterocycles. The average molecular weight is 533 g/mol. The maximum atomic E-state index is 12.7. The maximum Gasteiger partial charge on any atom is 0.470 e. The van der Waals surface area contributed by atoms with Crippen molar-refractivity contribution >= 4 is 17.3 Å². The molecule has 0 aliphatic rings. The molecular formula is C26H23F3N2O5S. The summed E-state index contributed by atoms with van der Waals surface area (Å²) in [7, 11) is 0. The lowest BCUT2D eigenvalue weighted by Crippen LogP contribution is -2.26. The van der Waals surface area contributed by atoms with Crippen molar-refractivity contribution in [3.05, 3.63) is 76.5 Å². The van der Waals surface area contributed by atoms with Gasteiger partial charge in [-0.2, -0.15) is 13.2 Å². The van der Waals surface area contributed by atoms with Gasteiger partial charge in [0.25, 0.3) is 0 Å². The van der Waals surface area contributed by atoms with Crippen LogP contribution in [-0.4, -0.2) is 34.0 Å². The highest BCUT2D eigenvalue weighted by Crippen LogP contribution is 2.34. The maximum absolute atomic E-state index is 12.7. The Labute approximate surface area is 214 Å². The van der Waals surface area contributed by atoms with Crippen molar-refractivity contribution < 1.29 is 37.0 Å². The zero-order chi connectivity index (χ0) is 26.6. The molecule has 0 saturated carbocycles. The molecule has 0 aliphatic heterocycles. The van der Waals surface area contributed by atoms with Crippen LogP contribution in [0.15, 0.2) is 59.0 Å². The Hall–Kier alpha value is -3.70. The zero-order valence-electron chi connectivity index (χ0n) is 19.9. The Morgan fingerprint density at radius 1 is 1.08 bits per heavy atom. The van der Waals surface area contributed by atoms with Gasteiger partial charge in [-0.1, -0.05) is 24.3 Å². The van der Waals surface area contributed by atoms with Crippen LogP contribution in [0, 0.1) is 6.92 Å². The lowest BCUT2D eigenvalue weighted by molar-refractivity contribution is -0.157. The SMILES string of the molecule is CCOC(Cc1ccc(OCc2sc(-c3ccc(-c4nnc(C(F)(F)F)o4)cc3)cc2C)cc1)C(=O)O. The number of alkyl halides is 3. The van der Waals surface area contributed by atoms with E-state index in [9.17, 15) is 23.1 Å². The number of hydrogen-bond donors (Lipinski definition) is 1. The quantitative estimate of drug-likeness (QED) is 0.252. The van der Waals surface area contributed by atoms with Crippen molar-refractivity contribution in [2.24, 2.45) is 0 Å². The van der Waals surface area contributed by atoms with Crippen LogP contribution in [0.4, 0.5) is 13.2 Å². The molecule has 1 atom stereocenters. The van der Waals surface area contributed by atoms with E-state index >= 15 is 0 Å². The lowest BCUT2D eigenvalue weighted by atomic mass is 10.1. The monoisotopic (exact) mass is 532 g/mol. The summed E-state index contributed by atoms with van der Waals surface area (Å²) >= 11 is 1.55. The van der Waals surface area contributed by atoms with E-state index in [2.05, 4.69) is 10.2 Å². The van der Waals surface area contributed by atoms with E-state index < -0.39 is 24.1 Å². The van der Waals surface area contributed by atoms with Gasteiger partial charge in [0, 0.05) is 28.3 Å². The van der Waals surface area contributed by atoms with E-state index in [1.165, 1.54) is 0 Å². The molecule has 11 heteroatoms. The summed E-state index contributed by atoms with van der Waals surface area (Å²) in [4.78, 5) is 13.3. The number of carboxylic acid groups (broad SMARTS) is 1. The van der Waals surface area contributed by atoms with Crippen molar-refractivity contribution in [1.29, 1.82) is 0 Å². The van der Waals surface area contributed by atoms with E-state index in [0.717, 1.165) is 26.4 Å². The standard InChI is InChI=1S/C26H23F3N2O5S/c1-3-34-20(24(32)33)13-16-4-10-19(11-5-16)35-14-22-15(2)12-21(37-22)17-6-8-18(9-7-17)23-30-31-25(36-23)26(27,28)29/h4-12,20H,3,13-14H2,1-2H3,(H,32,33). The van der Waals surface area contributed by atoms with Crippen LogP contribution in [0.5, 0.6) is 5.75 Å². The van der Waals surface area contributed by atoms with Gasteiger partial charge in [-0.05, 0) is 60.9 Å². The molecule has 0 saturated heterocycles. The zero-order valence-corrected chi connectivity index (χ0v) is 20.7. The average Bonchev–Trinajstić information content (AvgIpc) is 3.51. The number of aryl methyl sites for hydroxylation is 1. The fraction of sp³-hybridized carbons (Fsp3) is 0.269. The number of hydrogen-bond acceptors (Lipinski definition) is 7. The van der Waals surface area contributed by atoms with Crippen LogP contribution in [0.25, 0.3) is 21.9 Å². The third-order valence-electron chi connectivity index (χ3n) is 5.46. The molecule has 0 fully saturated rings. The molecule has 4 aromatic rings. The largest absolute Gasteiger partial charge is 0.488 e. The minimum absolute atomic E-state index is 0.197. The number of nitrogens with zero attached hydrogens (tertiary/aromatic N) is 2. The van der Waals surface area contributed by atoms with E-state index in [0.29, 0.717) is 24.5 Å². The van der Waals surface area contributed by atoms with Crippen molar-refractivity contribution in [1.82, 2.24) is 10.2 Å². The first kappa shape index (κ1) is 26.4. The van der Waals surface area contributed by atoms with E-state index in [4.69, 9.17) is 13.9 Å². The van der Waals surface area contributed by atoms with Crippen molar-refractivity contribution in [3.63, 3.8) is 0 Å². The number of thiophene rings is 1. The predicted octanol–water partition coefficient (Wildman–Crippen LogP) is 6.40. The molecule has 2 heterocycles. The molecular weight excluding hydrogens is 509 g/mol. The summed E-state index contributed by atoms with van der Waals surface area (Å²) in [5, 5.41) is 15.8. The van der Waals surface area contributed by atoms with Crippen molar-refractivity contribution in [2.75, 3.05) is 6.61 Å². The topological polar surface area (TPSA) is 94.7 Å². The van der Waals surface area contributed by atoms with E-state index in [-0.39, 0.29) is 12.3 Å². The number of aliphatic carboxylic acids is 1. The van der Waals surface area contributed by atoms with Crippen molar-refractivity contribution in [3.8, 4) is 27.6 Å². The summed E-state index contributed by atoms with van der Waals surface area (Å²) < 4.78 is 54.0. The van der Waals surface area contributed by atoms with Gasteiger partial charge in [0.05, 0.1) is 0 Å².